The van der Waals surface area contributed by atoms with Crippen molar-refractivity contribution >= 4 is 28.5 Å². The van der Waals surface area contributed by atoms with E-state index in [1.807, 2.05) is 98.5 Å². The first-order chi connectivity index (χ1) is 20.9. The summed E-state index contributed by atoms with van der Waals surface area (Å²) in [5, 5.41) is 5.47. The molecule has 0 saturated carbocycles. The van der Waals surface area contributed by atoms with Crippen molar-refractivity contribution in [1.29, 1.82) is 0 Å². The molecule has 0 unspecified atom stereocenters. The van der Waals surface area contributed by atoms with Crippen LogP contribution in [-0.2, 0) is 30.7 Å². The number of benzene rings is 3. The van der Waals surface area contributed by atoms with Crippen molar-refractivity contribution in [3.05, 3.63) is 130 Å². The number of aryl methyl sites for hydroxylation is 3. The summed E-state index contributed by atoms with van der Waals surface area (Å²) >= 11 is 0. The van der Waals surface area contributed by atoms with Gasteiger partial charge in [-0.05, 0) is 55.9 Å². The molecule has 7 nitrogen and oxygen atoms in total. The summed E-state index contributed by atoms with van der Waals surface area (Å²) in [5.41, 5.74) is 11.0. The number of hydrazone groups is 1. The van der Waals surface area contributed by atoms with E-state index in [0.717, 1.165) is 67.8 Å². The van der Waals surface area contributed by atoms with Gasteiger partial charge in [0.1, 0.15) is 11.3 Å². The van der Waals surface area contributed by atoms with Crippen molar-refractivity contribution in [1.82, 2.24) is 10.3 Å². The van der Waals surface area contributed by atoms with Crippen molar-refractivity contribution in [2.24, 2.45) is 5.10 Å². The van der Waals surface area contributed by atoms with Crippen LogP contribution in [0.2, 0.25) is 0 Å². The van der Waals surface area contributed by atoms with Gasteiger partial charge >= 0.3 is 0 Å². The highest BCUT2D eigenvalue weighted by Crippen LogP contribution is 2.31. The second-order valence-corrected chi connectivity index (χ2v) is 11.3. The second kappa shape index (κ2) is 12.1. The lowest BCUT2D eigenvalue weighted by Gasteiger charge is -2.22. The molecule has 1 aliphatic rings. The zero-order chi connectivity index (χ0) is 29.9. The van der Waals surface area contributed by atoms with Gasteiger partial charge < -0.3 is 13.7 Å². The number of nitrogens with one attached hydrogen (secondary N) is 1. The van der Waals surface area contributed by atoms with Gasteiger partial charge in [-0.1, -0.05) is 72.8 Å². The Labute approximate surface area is 251 Å². The summed E-state index contributed by atoms with van der Waals surface area (Å²) in [7, 11) is 0. The Bertz CT molecular complexity index is 1770. The highest BCUT2D eigenvalue weighted by molar-refractivity contribution is 6.06. The molecule has 2 aromatic heterocycles. The largest absolute Gasteiger partial charge is 0.464 e. The third-order valence-electron chi connectivity index (χ3n) is 8.25. The molecule has 0 bridgehead atoms. The van der Waals surface area contributed by atoms with Crippen LogP contribution in [0.15, 0.2) is 93.0 Å². The molecule has 0 saturated heterocycles. The van der Waals surface area contributed by atoms with Crippen LogP contribution in [0.4, 0.5) is 0 Å². The van der Waals surface area contributed by atoms with E-state index in [4.69, 9.17) is 8.83 Å². The first-order valence-corrected chi connectivity index (χ1v) is 14.7. The summed E-state index contributed by atoms with van der Waals surface area (Å²) in [6.45, 7) is 6.88. The number of carbonyl (C=O) groups excluding carboxylic acids is 2. The summed E-state index contributed by atoms with van der Waals surface area (Å²) in [5.74, 6) is 0.676. The summed E-state index contributed by atoms with van der Waals surface area (Å²) in [6.07, 6.45) is 4.03. The Kier molecular flexibility index (Phi) is 7.97. The number of rotatable bonds is 8. The fourth-order valence-corrected chi connectivity index (χ4v) is 5.80. The van der Waals surface area contributed by atoms with Gasteiger partial charge in [0.15, 0.2) is 5.76 Å². The minimum Gasteiger partial charge on any atom is -0.464 e. The number of nitrogens with zero attached hydrogens (tertiary/aromatic N) is 2. The van der Waals surface area contributed by atoms with E-state index < -0.39 is 0 Å². The molecule has 5 aromatic rings. The maximum atomic E-state index is 14.0. The molecular formula is C36H35N3O4. The van der Waals surface area contributed by atoms with Crippen molar-refractivity contribution in [3.8, 4) is 0 Å². The number of furan rings is 2. The van der Waals surface area contributed by atoms with Gasteiger partial charge in [0, 0.05) is 41.6 Å². The summed E-state index contributed by atoms with van der Waals surface area (Å²) in [6, 6.07) is 24.0. The molecule has 6 rings (SSSR count). The molecule has 2 heterocycles. The maximum absolute atomic E-state index is 14.0. The van der Waals surface area contributed by atoms with Crippen LogP contribution in [0, 0.1) is 20.8 Å². The van der Waals surface area contributed by atoms with E-state index in [-0.39, 0.29) is 18.2 Å². The van der Waals surface area contributed by atoms with Gasteiger partial charge in [-0.25, -0.2) is 5.43 Å². The minimum atomic E-state index is -0.227. The molecule has 0 aliphatic heterocycles. The van der Waals surface area contributed by atoms with Crippen LogP contribution in [0.5, 0.6) is 0 Å². The van der Waals surface area contributed by atoms with E-state index >= 15 is 0 Å². The average Bonchev–Trinajstić information content (AvgIpc) is 3.59. The van der Waals surface area contributed by atoms with Gasteiger partial charge in [-0.2, -0.15) is 5.10 Å². The Morgan fingerprint density at radius 2 is 1.53 bits per heavy atom. The molecule has 2 amide bonds. The molecular weight excluding hydrogens is 538 g/mol. The fourth-order valence-electron chi connectivity index (χ4n) is 5.80. The van der Waals surface area contributed by atoms with Gasteiger partial charge in [0.2, 0.25) is 5.91 Å². The Hall–Kier alpha value is -4.91. The van der Waals surface area contributed by atoms with Crippen LogP contribution >= 0.6 is 0 Å². The van der Waals surface area contributed by atoms with Crippen LogP contribution in [0.25, 0.3) is 11.0 Å². The van der Waals surface area contributed by atoms with E-state index in [0.29, 0.717) is 31.7 Å². The van der Waals surface area contributed by atoms with Crippen molar-refractivity contribution in [3.63, 3.8) is 0 Å². The molecule has 218 valence electrons. The molecule has 0 radical (unpaired) electrons. The maximum Gasteiger partial charge on any atom is 0.290 e. The van der Waals surface area contributed by atoms with Gasteiger partial charge in [-0.15, -0.1) is 0 Å². The quantitative estimate of drug-likeness (QED) is 0.199. The Balaban J connectivity index is 1.23. The lowest BCUT2D eigenvalue weighted by molar-refractivity contribution is -0.120. The zero-order valence-corrected chi connectivity index (χ0v) is 24.8. The normalized spacial score (nSPS) is 13.7. The minimum absolute atomic E-state index is 0.154. The Morgan fingerprint density at radius 1 is 0.860 bits per heavy atom. The molecule has 0 spiro atoms. The number of amides is 2. The summed E-state index contributed by atoms with van der Waals surface area (Å²) in [4.78, 5) is 28.8. The van der Waals surface area contributed by atoms with Crippen molar-refractivity contribution in [2.75, 3.05) is 0 Å². The zero-order valence-electron chi connectivity index (χ0n) is 24.8. The topological polar surface area (TPSA) is 88.0 Å². The second-order valence-electron chi connectivity index (χ2n) is 11.3. The number of hydrogen-bond acceptors (Lipinski definition) is 5. The van der Waals surface area contributed by atoms with Crippen LogP contribution in [0.3, 0.4) is 0 Å². The van der Waals surface area contributed by atoms with E-state index in [2.05, 4.69) is 10.5 Å². The van der Waals surface area contributed by atoms with Gasteiger partial charge in [0.05, 0.1) is 18.4 Å². The molecule has 43 heavy (non-hydrogen) atoms. The highest BCUT2D eigenvalue weighted by Gasteiger charge is 2.30. The van der Waals surface area contributed by atoms with E-state index in [1.54, 1.807) is 6.26 Å². The first-order valence-electron chi connectivity index (χ1n) is 14.7. The van der Waals surface area contributed by atoms with E-state index in [9.17, 15) is 9.59 Å². The first kappa shape index (κ1) is 28.2. The SMILES string of the molecule is Cc1ccc2c(CC(=O)N/N=C3\CCCc4oc(C(=O)N(Cc5ccccc5)Cc5ccccc5)c(C)c43)coc2c1C. The predicted octanol–water partition coefficient (Wildman–Crippen LogP) is 7.19. The third kappa shape index (κ3) is 5.89. The molecule has 0 atom stereocenters. The Morgan fingerprint density at radius 3 is 2.21 bits per heavy atom. The lowest BCUT2D eigenvalue weighted by Crippen LogP contribution is -2.30. The lowest BCUT2D eigenvalue weighted by atomic mass is 9.93. The number of hydrogen-bond donors (Lipinski definition) is 1. The molecule has 1 aliphatic carbocycles. The number of fused-ring (bicyclic) bond motifs is 2. The summed E-state index contributed by atoms with van der Waals surface area (Å²) < 4.78 is 12.0. The fraction of sp³-hybridized carbons (Fsp3) is 0.250. The van der Waals surface area contributed by atoms with Gasteiger partial charge in [-0.3, -0.25) is 9.59 Å². The molecule has 3 aromatic carbocycles. The molecule has 7 heteroatoms. The van der Waals surface area contributed by atoms with Crippen molar-refractivity contribution in [2.45, 2.75) is 59.5 Å². The standard InChI is InChI=1S/C36H35N3O4/c1-23-17-18-29-28(22-42-34(29)24(23)2)19-32(40)38-37-30-15-10-16-31-33(30)25(3)35(43-31)36(41)39(20-26-11-6-4-7-12-26)21-27-13-8-5-9-14-27/h4-9,11-14,17-18,22H,10,15-16,19-21H2,1-3H3,(H,38,40)/b37-30+. The predicted molar refractivity (Wildman–Crippen MR) is 167 cm³/mol. The van der Waals surface area contributed by atoms with Crippen molar-refractivity contribution < 1.29 is 18.4 Å². The number of carbonyl (C=O) groups is 2. The average molecular weight is 574 g/mol. The molecule has 1 N–H and O–H groups in total. The van der Waals surface area contributed by atoms with E-state index in [1.165, 1.54) is 0 Å². The third-order valence-corrected chi connectivity index (χ3v) is 8.25. The van der Waals surface area contributed by atoms with Crippen LogP contribution in [-0.4, -0.2) is 22.4 Å². The van der Waals surface area contributed by atoms with Crippen LogP contribution < -0.4 is 5.43 Å². The smallest absolute Gasteiger partial charge is 0.290 e. The monoisotopic (exact) mass is 573 g/mol. The highest BCUT2D eigenvalue weighted by atomic mass is 16.4. The molecule has 0 fully saturated rings. The van der Waals surface area contributed by atoms with Gasteiger partial charge in [0.25, 0.3) is 5.91 Å². The van der Waals surface area contributed by atoms with Crippen LogP contribution in [0.1, 0.15) is 68.1 Å².